The Kier molecular flexibility index (Phi) is 6.66. The van der Waals surface area contributed by atoms with Crippen molar-refractivity contribution in [2.45, 2.75) is 18.4 Å². The molecule has 1 N–H and O–H groups in total. The quantitative estimate of drug-likeness (QED) is 0.567. The van der Waals surface area contributed by atoms with E-state index in [1.54, 1.807) is 66.9 Å². The summed E-state index contributed by atoms with van der Waals surface area (Å²) in [7, 11) is -3.93. The van der Waals surface area contributed by atoms with Crippen LogP contribution in [0.25, 0.3) is 0 Å². The van der Waals surface area contributed by atoms with Crippen LogP contribution in [0.1, 0.15) is 11.3 Å². The van der Waals surface area contributed by atoms with E-state index in [1.807, 2.05) is 13.0 Å². The fourth-order valence-corrected chi connectivity index (χ4v) is 4.46. The molecule has 0 fully saturated rings. The first-order valence-electron chi connectivity index (χ1n) is 8.88. The lowest BCUT2D eigenvalue weighted by Gasteiger charge is -2.24. The van der Waals surface area contributed by atoms with Gasteiger partial charge in [-0.15, -0.1) is 0 Å². The first-order chi connectivity index (χ1) is 13.9. The standard InChI is InChI=1S/C21H20BrN3O3S/c1-16-8-10-20(11-9-16)29(27,28)25(19-7-4-5-17(22)13-19)15-21(26)24-14-18-6-2-3-12-23-18/h2-13H,14-15H2,1H3,(H,24,26). The lowest BCUT2D eigenvalue weighted by atomic mass is 10.2. The van der Waals surface area contributed by atoms with Crippen LogP contribution in [0, 0.1) is 6.92 Å². The molecule has 1 aromatic heterocycles. The van der Waals surface area contributed by atoms with Gasteiger partial charge in [-0.05, 0) is 49.4 Å². The maximum Gasteiger partial charge on any atom is 0.264 e. The van der Waals surface area contributed by atoms with E-state index in [0.717, 1.165) is 9.87 Å². The molecule has 0 atom stereocenters. The van der Waals surface area contributed by atoms with Crippen molar-refractivity contribution >= 4 is 37.5 Å². The summed E-state index contributed by atoms with van der Waals surface area (Å²) in [6, 6.07) is 18.8. The van der Waals surface area contributed by atoms with E-state index in [2.05, 4.69) is 26.2 Å². The highest BCUT2D eigenvalue weighted by molar-refractivity contribution is 9.10. The Labute approximate surface area is 178 Å². The number of aryl methyl sites for hydroxylation is 1. The monoisotopic (exact) mass is 473 g/mol. The molecule has 0 aliphatic heterocycles. The van der Waals surface area contributed by atoms with Gasteiger partial charge < -0.3 is 5.32 Å². The number of carbonyl (C=O) groups excluding carboxylic acids is 1. The van der Waals surface area contributed by atoms with Crippen molar-refractivity contribution < 1.29 is 13.2 Å². The number of benzene rings is 2. The number of aromatic nitrogens is 1. The fraction of sp³-hybridized carbons (Fsp3) is 0.143. The SMILES string of the molecule is Cc1ccc(S(=O)(=O)N(CC(=O)NCc2ccccn2)c2cccc(Br)c2)cc1. The number of carbonyl (C=O) groups is 1. The maximum atomic E-state index is 13.3. The predicted octanol–water partition coefficient (Wildman–Crippen LogP) is 3.66. The summed E-state index contributed by atoms with van der Waals surface area (Å²) in [6.45, 7) is 1.75. The summed E-state index contributed by atoms with van der Waals surface area (Å²) in [6.07, 6.45) is 1.64. The number of halogens is 1. The number of amides is 1. The van der Waals surface area contributed by atoms with E-state index in [0.29, 0.717) is 15.9 Å². The second-order valence-electron chi connectivity index (χ2n) is 6.40. The first-order valence-corrected chi connectivity index (χ1v) is 11.1. The number of nitrogens with zero attached hydrogens (tertiary/aromatic N) is 2. The Morgan fingerprint density at radius 3 is 2.48 bits per heavy atom. The second kappa shape index (κ2) is 9.19. The minimum absolute atomic E-state index is 0.126. The lowest BCUT2D eigenvalue weighted by Crippen LogP contribution is -2.40. The van der Waals surface area contributed by atoms with Crippen molar-refractivity contribution in [3.63, 3.8) is 0 Å². The molecule has 0 unspecified atom stereocenters. The predicted molar refractivity (Wildman–Crippen MR) is 116 cm³/mol. The summed E-state index contributed by atoms with van der Waals surface area (Å²) in [4.78, 5) is 16.8. The van der Waals surface area contributed by atoms with E-state index in [9.17, 15) is 13.2 Å². The van der Waals surface area contributed by atoms with Gasteiger partial charge in [-0.25, -0.2) is 8.42 Å². The van der Waals surface area contributed by atoms with Crippen molar-refractivity contribution in [2.24, 2.45) is 0 Å². The van der Waals surface area contributed by atoms with Crippen LogP contribution in [0.5, 0.6) is 0 Å². The van der Waals surface area contributed by atoms with Crippen molar-refractivity contribution in [3.8, 4) is 0 Å². The van der Waals surface area contributed by atoms with E-state index < -0.39 is 15.9 Å². The summed E-state index contributed by atoms with van der Waals surface area (Å²) >= 11 is 3.36. The van der Waals surface area contributed by atoms with Crippen molar-refractivity contribution in [2.75, 3.05) is 10.8 Å². The molecule has 0 radical (unpaired) electrons. The van der Waals surface area contributed by atoms with Crippen LogP contribution in [-0.4, -0.2) is 25.9 Å². The van der Waals surface area contributed by atoms with Gasteiger partial charge in [0.25, 0.3) is 10.0 Å². The minimum Gasteiger partial charge on any atom is -0.349 e. The molecule has 1 amide bonds. The zero-order valence-corrected chi connectivity index (χ0v) is 18.2. The van der Waals surface area contributed by atoms with E-state index in [1.165, 1.54) is 0 Å². The number of nitrogens with one attached hydrogen (secondary N) is 1. The van der Waals surface area contributed by atoms with Gasteiger partial charge in [-0.2, -0.15) is 0 Å². The van der Waals surface area contributed by atoms with E-state index in [-0.39, 0.29) is 18.0 Å². The zero-order valence-electron chi connectivity index (χ0n) is 15.7. The van der Waals surface area contributed by atoms with Gasteiger partial charge in [-0.1, -0.05) is 45.8 Å². The molecular weight excluding hydrogens is 454 g/mol. The van der Waals surface area contributed by atoms with Crippen molar-refractivity contribution in [1.82, 2.24) is 10.3 Å². The third kappa shape index (κ3) is 5.42. The van der Waals surface area contributed by atoms with E-state index >= 15 is 0 Å². The van der Waals surface area contributed by atoms with Crippen LogP contribution < -0.4 is 9.62 Å². The molecule has 6 nitrogen and oxygen atoms in total. The number of hydrogen-bond acceptors (Lipinski definition) is 4. The van der Waals surface area contributed by atoms with Gasteiger partial charge in [0, 0.05) is 10.7 Å². The highest BCUT2D eigenvalue weighted by atomic mass is 79.9. The third-order valence-electron chi connectivity index (χ3n) is 4.19. The highest BCUT2D eigenvalue weighted by Crippen LogP contribution is 2.26. The zero-order chi connectivity index (χ0) is 20.9. The van der Waals surface area contributed by atoms with Gasteiger partial charge in [0.05, 0.1) is 22.8 Å². The molecular formula is C21H20BrN3O3S. The maximum absolute atomic E-state index is 13.3. The molecule has 3 rings (SSSR count). The average molecular weight is 474 g/mol. The Balaban J connectivity index is 1.87. The molecule has 0 aliphatic rings. The van der Waals surface area contributed by atoms with Crippen LogP contribution in [0.15, 0.2) is 82.3 Å². The molecule has 3 aromatic rings. The number of rotatable bonds is 7. The third-order valence-corrected chi connectivity index (χ3v) is 6.47. The van der Waals surface area contributed by atoms with Crippen LogP contribution in [0.2, 0.25) is 0 Å². The van der Waals surface area contributed by atoms with Gasteiger partial charge in [0.2, 0.25) is 5.91 Å². The fourth-order valence-electron chi connectivity index (χ4n) is 2.66. The van der Waals surface area contributed by atoms with Crippen molar-refractivity contribution in [1.29, 1.82) is 0 Å². The molecule has 2 aromatic carbocycles. The van der Waals surface area contributed by atoms with Gasteiger partial charge in [-0.3, -0.25) is 14.1 Å². The number of sulfonamides is 1. The molecule has 1 heterocycles. The molecule has 0 saturated heterocycles. The number of anilines is 1. The molecule has 29 heavy (non-hydrogen) atoms. The Morgan fingerprint density at radius 1 is 1.07 bits per heavy atom. The minimum atomic E-state index is -3.93. The largest absolute Gasteiger partial charge is 0.349 e. The molecule has 150 valence electrons. The summed E-state index contributed by atoms with van der Waals surface area (Å²) in [5.74, 6) is -0.425. The summed E-state index contributed by atoms with van der Waals surface area (Å²) < 4.78 is 28.4. The molecule has 0 bridgehead atoms. The van der Waals surface area contributed by atoms with Crippen LogP contribution >= 0.6 is 15.9 Å². The molecule has 0 aliphatic carbocycles. The van der Waals surface area contributed by atoms with Crippen LogP contribution in [0.3, 0.4) is 0 Å². The van der Waals surface area contributed by atoms with Gasteiger partial charge in [0.1, 0.15) is 6.54 Å². The summed E-state index contributed by atoms with van der Waals surface area (Å²) in [5.41, 5.74) is 2.04. The van der Waals surface area contributed by atoms with Gasteiger partial charge in [0.15, 0.2) is 0 Å². The number of hydrogen-bond donors (Lipinski definition) is 1. The highest BCUT2D eigenvalue weighted by Gasteiger charge is 2.27. The van der Waals surface area contributed by atoms with Crippen LogP contribution in [0.4, 0.5) is 5.69 Å². The smallest absolute Gasteiger partial charge is 0.264 e. The normalized spacial score (nSPS) is 11.1. The average Bonchev–Trinajstić information content (AvgIpc) is 2.71. The topological polar surface area (TPSA) is 79.4 Å². The molecule has 0 spiro atoms. The van der Waals surface area contributed by atoms with E-state index in [4.69, 9.17) is 0 Å². The Hall–Kier alpha value is -2.71. The summed E-state index contributed by atoms with van der Waals surface area (Å²) in [5, 5.41) is 2.73. The molecule has 0 saturated carbocycles. The second-order valence-corrected chi connectivity index (χ2v) is 9.18. The molecule has 8 heteroatoms. The van der Waals surface area contributed by atoms with Gasteiger partial charge >= 0.3 is 0 Å². The Bertz CT molecular complexity index is 1090. The number of pyridine rings is 1. The Morgan fingerprint density at radius 2 is 1.83 bits per heavy atom. The lowest BCUT2D eigenvalue weighted by molar-refractivity contribution is -0.119. The van der Waals surface area contributed by atoms with Crippen molar-refractivity contribution in [3.05, 3.63) is 88.7 Å². The van der Waals surface area contributed by atoms with Crippen LogP contribution in [-0.2, 0) is 21.4 Å². The first kappa shape index (κ1) is 21.0.